The lowest BCUT2D eigenvalue weighted by Gasteiger charge is -2.00. The Labute approximate surface area is 73.9 Å². The van der Waals surface area contributed by atoms with E-state index in [0.29, 0.717) is 0 Å². The minimum Gasteiger partial charge on any atom is -0.380 e. The second-order valence-electron chi connectivity index (χ2n) is 3.09. The zero-order valence-electron chi connectivity index (χ0n) is 7.34. The molecule has 2 heteroatoms. The minimum absolute atomic E-state index is 0.848. The van der Waals surface area contributed by atoms with Crippen LogP contribution in [-0.4, -0.2) is 24.2 Å². The first-order chi connectivity index (χ1) is 5.43. The van der Waals surface area contributed by atoms with Crippen LogP contribution in [0.4, 0.5) is 0 Å². The molecule has 0 N–H and O–H groups in total. The molecule has 1 saturated heterocycles. The maximum atomic E-state index is 5.48. The first-order valence-corrected chi connectivity index (χ1v) is 5.67. The molecule has 11 heavy (non-hydrogen) atoms. The summed E-state index contributed by atoms with van der Waals surface area (Å²) >= 11 is 2.01. The van der Waals surface area contributed by atoms with Gasteiger partial charge in [-0.2, -0.15) is 11.8 Å². The quantitative estimate of drug-likeness (QED) is 0.433. The van der Waals surface area contributed by atoms with Crippen LogP contribution >= 0.6 is 11.8 Å². The van der Waals surface area contributed by atoms with Crippen molar-refractivity contribution in [2.24, 2.45) is 0 Å². The van der Waals surface area contributed by atoms with Gasteiger partial charge < -0.3 is 4.74 Å². The highest BCUT2D eigenvalue weighted by Gasteiger charge is 2.21. The molecule has 0 aliphatic carbocycles. The molecular formula is C9H18OS. The Bertz CT molecular complexity index is 91.6. The van der Waals surface area contributed by atoms with Gasteiger partial charge in [-0.25, -0.2) is 0 Å². The van der Waals surface area contributed by atoms with Crippen LogP contribution in [0.25, 0.3) is 0 Å². The molecule has 0 aromatic carbocycles. The van der Waals surface area contributed by atoms with Gasteiger partial charge in [-0.3, -0.25) is 0 Å². The maximum Gasteiger partial charge on any atom is 0.0593 e. The molecule has 1 aliphatic heterocycles. The summed E-state index contributed by atoms with van der Waals surface area (Å²) in [6.45, 7) is 4.22. The molecule has 1 heterocycles. The summed E-state index contributed by atoms with van der Waals surface area (Å²) in [5.74, 6) is 1.33. The van der Waals surface area contributed by atoms with Gasteiger partial charge in [-0.05, 0) is 6.42 Å². The van der Waals surface area contributed by atoms with Gasteiger partial charge in [-0.1, -0.05) is 26.2 Å². The SMILES string of the molecule is CCCCCCOCC1CS1. The van der Waals surface area contributed by atoms with Crippen molar-refractivity contribution < 1.29 is 4.74 Å². The van der Waals surface area contributed by atoms with Crippen LogP contribution in [0.1, 0.15) is 32.6 Å². The first kappa shape index (κ1) is 9.40. The average Bonchev–Trinajstić information content (AvgIpc) is 2.80. The van der Waals surface area contributed by atoms with Gasteiger partial charge in [0.05, 0.1) is 6.61 Å². The molecule has 0 amide bonds. The maximum absolute atomic E-state index is 5.48. The van der Waals surface area contributed by atoms with E-state index >= 15 is 0 Å². The third kappa shape index (κ3) is 5.57. The third-order valence-electron chi connectivity index (χ3n) is 1.85. The molecular weight excluding hydrogens is 156 g/mol. The van der Waals surface area contributed by atoms with E-state index in [1.54, 1.807) is 0 Å². The summed E-state index contributed by atoms with van der Waals surface area (Å²) in [7, 11) is 0. The van der Waals surface area contributed by atoms with Crippen LogP contribution in [0, 0.1) is 0 Å². The number of ether oxygens (including phenoxy) is 1. The summed E-state index contributed by atoms with van der Waals surface area (Å²) in [6, 6.07) is 0. The van der Waals surface area contributed by atoms with Crippen LogP contribution in [0.3, 0.4) is 0 Å². The van der Waals surface area contributed by atoms with Crippen molar-refractivity contribution in [2.45, 2.75) is 37.9 Å². The lowest BCUT2D eigenvalue weighted by Crippen LogP contribution is -2.01. The summed E-state index contributed by atoms with van der Waals surface area (Å²) in [5, 5.41) is 0.848. The van der Waals surface area contributed by atoms with E-state index in [4.69, 9.17) is 4.74 Å². The molecule has 0 aromatic rings. The van der Waals surface area contributed by atoms with Crippen LogP contribution in [-0.2, 0) is 4.74 Å². The largest absolute Gasteiger partial charge is 0.380 e. The Balaban J connectivity index is 1.66. The van der Waals surface area contributed by atoms with Crippen LogP contribution in [0.15, 0.2) is 0 Å². The number of hydrogen-bond donors (Lipinski definition) is 0. The molecule has 66 valence electrons. The van der Waals surface area contributed by atoms with Crippen LogP contribution in [0.5, 0.6) is 0 Å². The number of hydrogen-bond acceptors (Lipinski definition) is 2. The van der Waals surface area contributed by atoms with Crippen LogP contribution in [0.2, 0.25) is 0 Å². The normalized spacial score (nSPS) is 22.1. The molecule has 1 unspecified atom stereocenters. The fourth-order valence-corrected chi connectivity index (χ4v) is 1.43. The fraction of sp³-hybridized carbons (Fsp3) is 1.00. The second kappa shape index (κ2) is 5.90. The van der Waals surface area contributed by atoms with Crippen molar-refractivity contribution in [3.63, 3.8) is 0 Å². The highest BCUT2D eigenvalue weighted by molar-refractivity contribution is 8.06. The molecule has 1 rings (SSSR count). The summed E-state index contributed by atoms with van der Waals surface area (Å²) in [5.41, 5.74) is 0. The Hall–Kier alpha value is 0.310. The van der Waals surface area contributed by atoms with E-state index < -0.39 is 0 Å². The van der Waals surface area contributed by atoms with E-state index in [0.717, 1.165) is 18.5 Å². The van der Waals surface area contributed by atoms with Crippen molar-refractivity contribution in [1.82, 2.24) is 0 Å². The van der Waals surface area contributed by atoms with Gasteiger partial charge in [0, 0.05) is 17.6 Å². The molecule has 0 spiro atoms. The van der Waals surface area contributed by atoms with Crippen LogP contribution < -0.4 is 0 Å². The van der Waals surface area contributed by atoms with E-state index in [-0.39, 0.29) is 0 Å². The predicted molar refractivity (Wildman–Crippen MR) is 51.2 cm³/mol. The van der Waals surface area contributed by atoms with Gasteiger partial charge in [0.1, 0.15) is 0 Å². The lowest BCUT2D eigenvalue weighted by atomic mass is 10.2. The fourth-order valence-electron chi connectivity index (χ4n) is 1.01. The van der Waals surface area contributed by atoms with Gasteiger partial charge in [0.15, 0.2) is 0 Å². The van der Waals surface area contributed by atoms with E-state index in [2.05, 4.69) is 6.92 Å². The highest BCUT2D eigenvalue weighted by Crippen LogP contribution is 2.29. The van der Waals surface area contributed by atoms with Gasteiger partial charge in [-0.15, -0.1) is 0 Å². The van der Waals surface area contributed by atoms with Gasteiger partial charge >= 0.3 is 0 Å². The standard InChI is InChI=1S/C9H18OS/c1-2-3-4-5-6-10-7-9-8-11-9/h9H,2-8H2,1H3. The smallest absolute Gasteiger partial charge is 0.0593 e. The summed E-state index contributed by atoms with van der Waals surface area (Å²) in [4.78, 5) is 0. The van der Waals surface area contributed by atoms with Crippen molar-refractivity contribution in [1.29, 1.82) is 0 Å². The second-order valence-corrected chi connectivity index (χ2v) is 4.42. The zero-order chi connectivity index (χ0) is 7.94. The number of unbranched alkanes of at least 4 members (excludes halogenated alkanes) is 3. The predicted octanol–water partition coefficient (Wildman–Crippen LogP) is 2.70. The molecule has 1 nitrogen and oxygen atoms in total. The average molecular weight is 174 g/mol. The first-order valence-electron chi connectivity index (χ1n) is 4.63. The van der Waals surface area contributed by atoms with Crippen molar-refractivity contribution in [3.05, 3.63) is 0 Å². The van der Waals surface area contributed by atoms with Crippen molar-refractivity contribution in [3.8, 4) is 0 Å². The Morgan fingerprint density at radius 2 is 2.18 bits per heavy atom. The monoisotopic (exact) mass is 174 g/mol. The molecule has 1 aliphatic rings. The van der Waals surface area contributed by atoms with E-state index in [1.165, 1.54) is 31.4 Å². The third-order valence-corrected chi connectivity index (χ3v) is 2.79. The highest BCUT2D eigenvalue weighted by atomic mass is 32.2. The van der Waals surface area contributed by atoms with Gasteiger partial charge in [0.2, 0.25) is 0 Å². The Morgan fingerprint density at radius 1 is 1.36 bits per heavy atom. The Kier molecular flexibility index (Phi) is 5.04. The van der Waals surface area contributed by atoms with Crippen molar-refractivity contribution >= 4 is 11.8 Å². The topological polar surface area (TPSA) is 9.23 Å². The summed E-state index contributed by atoms with van der Waals surface area (Å²) < 4.78 is 5.48. The molecule has 1 fully saturated rings. The van der Waals surface area contributed by atoms with Gasteiger partial charge in [0.25, 0.3) is 0 Å². The minimum atomic E-state index is 0.848. The Morgan fingerprint density at radius 3 is 2.82 bits per heavy atom. The molecule has 0 saturated carbocycles. The summed E-state index contributed by atoms with van der Waals surface area (Å²) in [6.07, 6.45) is 5.28. The van der Waals surface area contributed by atoms with E-state index in [1.807, 2.05) is 11.8 Å². The molecule has 0 bridgehead atoms. The zero-order valence-corrected chi connectivity index (χ0v) is 8.16. The van der Waals surface area contributed by atoms with E-state index in [9.17, 15) is 0 Å². The lowest BCUT2D eigenvalue weighted by molar-refractivity contribution is 0.137. The number of thioether (sulfide) groups is 1. The number of rotatable bonds is 7. The molecule has 0 aromatic heterocycles. The van der Waals surface area contributed by atoms with Crippen molar-refractivity contribution in [2.75, 3.05) is 19.0 Å². The molecule has 0 radical (unpaired) electrons. The molecule has 1 atom stereocenters.